The van der Waals surface area contributed by atoms with Crippen LogP contribution in [0.4, 0.5) is 5.69 Å². The van der Waals surface area contributed by atoms with Gasteiger partial charge in [-0.15, -0.1) is 0 Å². The molecule has 1 heterocycles. The van der Waals surface area contributed by atoms with E-state index in [0.29, 0.717) is 6.04 Å². The van der Waals surface area contributed by atoms with E-state index < -0.39 is 0 Å². The predicted octanol–water partition coefficient (Wildman–Crippen LogP) is 2.95. The Morgan fingerprint density at radius 3 is 2.65 bits per heavy atom. The van der Waals surface area contributed by atoms with Crippen LogP contribution in [0.2, 0.25) is 0 Å². The summed E-state index contributed by atoms with van der Waals surface area (Å²) in [5, 5.41) is 3.20. The van der Waals surface area contributed by atoms with Gasteiger partial charge >= 0.3 is 0 Å². The molecule has 0 saturated carbocycles. The van der Waals surface area contributed by atoms with Crippen molar-refractivity contribution in [2.75, 3.05) is 18.5 Å². The molecule has 94 valence electrons. The molecule has 1 aliphatic rings. The van der Waals surface area contributed by atoms with E-state index in [2.05, 4.69) is 49.2 Å². The maximum atomic E-state index is 3.20. The SMILES string of the molecule is CNCc1ccc(N2CC(C)CC2C)c(C)c1. The Labute approximate surface area is 105 Å². The predicted molar refractivity (Wildman–Crippen MR) is 74.5 cm³/mol. The topological polar surface area (TPSA) is 15.3 Å². The molecule has 2 unspecified atom stereocenters. The highest BCUT2D eigenvalue weighted by atomic mass is 15.2. The summed E-state index contributed by atoms with van der Waals surface area (Å²) in [6.07, 6.45) is 1.32. The first-order chi connectivity index (χ1) is 8.11. The molecule has 1 aliphatic heterocycles. The summed E-state index contributed by atoms with van der Waals surface area (Å²) in [6, 6.07) is 7.52. The highest BCUT2D eigenvalue weighted by Crippen LogP contribution is 2.31. The third-order valence-electron chi connectivity index (χ3n) is 3.74. The van der Waals surface area contributed by atoms with Crippen molar-refractivity contribution in [3.05, 3.63) is 29.3 Å². The number of benzene rings is 1. The molecule has 2 rings (SSSR count). The molecule has 0 bridgehead atoms. The first-order valence-electron chi connectivity index (χ1n) is 6.62. The van der Waals surface area contributed by atoms with Gasteiger partial charge in [-0.05, 0) is 50.4 Å². The van der Waals surface area contributed by atoms with Crippen LogP contribution in [0.15, 0.2) is 18.2 Å². The monoisotopic (exact) mass is 232 g/mol. The van der Waals surface area contributed by atoms with Gasteiger partial charge < -0.3 is 10.2 Å². The normalized spacial score (nSPS) is 24.4. The van der Waals surface area contributed by atoms with Gasteiger partial charge in [0, 0.05) is 24.8 Å². The minimum absolute atomic E-state index is 0.679. The van der Waals surface area contributed by atoms with Gasteiger partial charge in [-0.2, -0.15) is 0 Å². The smallest absolute Gasteiger partial charge is 0.0398 e. The molecule has 0 aromatic heterocycles. The molecule has 0 spiro atoms. The zero-order valence-corrected chi connectivity index (χ0v) is 11.5. The average molecular weight is 232 g/mol. The molecule has 2 atom stereocenters. The van der Waals surface area contributed by atoms with Crippen molar-refractivity contribution < 1.29 is 0 Å². The summed E-state index contributed by atoms with van der Waals surface area (Å²) in [4.78, 5) is 2.56. The lowest BCUT2D eigenvalue weighted by molar-refractivity contribution is 0.625. The van der Waals surface area contributed by atoms with Crippen molar-refractivity contribution in [1.82, 2.24) is 5.32 Å². The number of hydrogen-bond acceptors (Lipinski definition) is 2. The summed E-state index contributed by atoms with van der Waals surface area (Å²) < 4.78 is 0. The fourth-order valence-corrected chi connectivity index (χ4v) is 2.99. The van der Waals surface area contributed by atoms with Crippen molar-refractivity contribution in [1.29, 1.82) is 0 Å². The van der Waals surface area contributed by atoms with Gasteiger partial charge in [0.15, 0.2) is 0 Å². The van der Waals surface area contributed by atoms with Crippen molar-refractivity contribution in [2.24, 2.45) is 5.92 Å². The molecular formula is C15H24N2. The van der Waals surface area contributed by atoms with E-state index in [1.54, 1.807) is 0 Å². The molecule has 1 aromatic rings. The molecule has 17 heavy (non-hydrogen) atoms. The number of nitrogens with zero attached hydrogens (tertiary/aromatic N) is 1. The lowest BCUT2D eigenvalue weighted by Crippen LogP contribution is -2.27. The molecule has 1 N–H and O–H groups in total. The van der Waals surface area contributed by atoms with E-state index in [0.717, 1.165) is 12.5 Å². The molecule has 2 nitrogen and oxygen atoms in total. The third kappa shape index (κ3) is 2.63. The second kappa shape index (κ2) is 5.09. The van der Waals surface area contributed by atoms with Crippen LogP contribution in [0, 0.1) is 12.8 Å². The fraction of sp³-hybridized carbons (Fsp3) is 0.600. The minimum Gasteiger partial charge on any atom is -0.368 e. The number of nitrogens with one attached hydrogen (secondary N) is 1. The van der Waals surface area contributed by atoms with E-state index >= 15 is 0 Å². The van der Waals surface area contributed by atoms with Crippen LogP contribution in [-0.4, -0.2) is 19.6 Å². The molecule has 0 amide bonds. The van der Waals surface area contributed by atoms with Crippen LogP contribution in [0.1, 0.15) is 31.4 Å². The Morgan fingerprint density at radius 1 is 1.35 bits per heavy atom. The van der Waals surface area contributed by atoms with Gasteiger partial charge in [0.25, 0.3) is 0 Å². The van der Waals surface area contributed by atoms with E-state index in [4.69, 9.17) is 0 Å². The van der Waals surface area contributed by atoms with E-state index in [-0.39, 0.29) is 0 Å². The number of hydrogen-bond donors (Lipinski definition) is 1. The lowest BCUT2D eigenvalue weighted by Gasteiger charge is -2.26. The van der Waals surface area contributed by atoms with Gasteiger partial charge in [-0.25, -0.2) is 0 Å². The minimum atomic E-state index is 0.679. The average Bonchev–Trinajstić information content (AvgIpc) is 2.58. The van der Waals surface area contributed by atoms with Crippen LogP contribution >= 0.6 is 0 Å². The van der Waals surface area contributed by atoms with Gasteiger partial charge in [0.1, 0.15) is 0 Å². The first-order valence-corrected chi connectivity index (χ1v) is 6.62. The number of aryl methyl sites for hydroxylation is 1. The summed E-state index contributed by atoms with van der Waals surface area (Å²) in [5.74, 6) is 0.821. The van der Waals surface area contributed by atoms with E-state index in [9.17, 15) is 0 Å². The van der Waals surface area contributed by atoms with Crippen molar-refractivity contribution in [3.8, 4) is 0 Å². The van der Waals surface area contributed by atoms with E-state index in [1.165, 1.54) is 29.8 Å². The van der Waals surface area contributed by atoms with Gasteiger partial charge in [0.2, 0.25) is 0 Å². The zero-order valence-electron chi connectivity index (χ0n) is 11.5. The molecule has 0 aliphatic carbocycles. The molecular weight excluding hydrogens is 208 g/mol. The Kier molecular flexibility index (Phi) is 3.72. The highest BCUT2D eigenvalue weighted by Gasteiger charge is 2.26. The van der Waals surface area contributed by atoms with Crippen molar-refractivity contribution >= 4 is 5.69 Å². The molecule has 1 fully saturated rings. The second-order valence-corrected chi connectivity index (χ2v) is 5.49. The Hall–Kier alpha value is -1.02. The van der Waals surface area contributed by atoms with Crippen molar-refractivity contribution in [2.45, 2.75) is 39.8 Å². The largest absolute Gasteiger partial charge is 0.368 e. The van der Waals surface area contributed by atoms with E-state index in [1.807, 2.05) is 7.05 Å². The quantitative estimate of drug-likeness (QED) is 0.862. The maximum absolute atomic E-state index is 3.20. The second-order valence-electron chi connectivity index (χ2n) is 5.49. The Bertz CT molecular complexity index is 387. The van der Waals surface area contributed by atoms with Crippen LogP contribution in [0.25, 0.3) is 0 Å². The van der Waals surface area contributed by atoms with Crippen LogP contribution < -0.4 is 10.2 Å². The zero-order chi connectivity index (χ0) is 12.4. The molecule has 0 radical (unpaired) electrons. The van der Waals surface area contributed by atoms with Crippen LogP contribution in [0.5, 0.6) is 0 Å². The lowest BCUT2D eigenvalue weighted by atomic mass is 10.1. The summed E-state index contributed by atoms with van der Waals surface area (Å²) >= 11 is 0. The van der Waals surface area contributed by atoms with Crippen LogP contribution in [0.3, 0.4) is 0 Å². The van der Waals surface area contributed by atoms with Crippen LogP contribution in [-0.2, 0) is 6.54 Å². The fourth-order valence-electron chi connectivity index (χ4n) is 2.99. The maximum Gasteiger partial charge on any atom is 0.0398 e. The molecule has 1 aromatic carbocycles. The van der Waals surface area contributed by atoms with Gasteiger partial charge in [-0.1, -0.05) is 19.1 Å². The Balaban J connectivity index is 2.21. The highest BCUT2D eigenvalue weighted by molar-refractivity contribution is 5.56. The summed E-state index contributed by atoms with van der Waals surface area (Å²) in [7, 11) is 1.99. The number of anilines is 1. The standard InChI is InChI=1S/C15H24N2/c1-11-7-13(3)17(10-11)15-6-5-14(9-16-4)8-12(15)2/h5-6,8,11,13,16H,7,9-10H2,1-4H3. The number of rotatable bonds is 3. The van der Waals surface area contributed by atoms with Crippen molar-refractivity contribution in [3.63, 3.8) is 0 Å². The molecule has 2 heteroatoms. The molecule has 1 saturated heterocycles. The van der Waals surface area contributed by atoms with Gasteiger partial charge in [-0.3, -0.25) is 0 Å². The third-order valence-corrected chi connectivity index (χ3v) is 3.74. The first kappa shape index (κ1) is 12.4. The summed E-state index contributed by atoms with van der Waals surface area (Å²) in [5.41, 5.74) is 4.19. The summed E-state index contributed by atoms with van der Waals surface area (Å²) in [6.45, 7) is 9.07. The van der Waals surface area contributed by atoms with Gasteiger partial charge in [0.05, 0.1) is 0 Å². The Morgan fingerprint density at radius 2 is 2.12 bits per heavy atom.